The largest absolute Gasteiger partial charge is 0.394 e. The van der Waals surface area contributed by atoms with Gasteiger partial charge < -0.3 is 8.97 Å². The molecule has 0 saturated heterocycles. The molecule has 13 rings (SSSR count). The minimum absolute atomic E-state index is 0.668. The van der Waals surface area contributed by atoms with Crippen LogP contribution in [-0.4, -0.2) is 23.2 Å². The Labute approximate surface area is 266 Å². The first-order valence-corrected chi connectivity index (χ1v) is 16.1. The summed E-state index contributed by atoms with van der Waals surface area (Å²) in [6.45, 7) is 0. The molecular formula is C40H23N7+2. The summed E-state index contributed by atoms with van der Waals surface area (Å²) in [5, 5.41) is 5.07. The molecule has 47 heavy (non-hydrogen) atoms. The van der Waals surface area contributed by atoms with Gasteiger partial charge in [-0.1, -0.05) is 41.1 Å². The van der Waals surface area contributed by atoms with Crippen molar-refractivity contribution in [3.8, 4) is 28.3 Å². The lowest BCUT2D eigenvalue weighted by Crippen LogP contribution is -2.76. The van der Waals surface area contributed by atoms with Gasteiger partial charge in [-0.25, -0.2) is 4.98 Å². The Balaban J connectivity index is 1.30. The second kappa shape index (κ2) is 7.32. The molecule has 3 aliphatic rings. The third-order valence-electron chi connectivity index (χ3n) is 11.0. The van der Waals surface area contributed by atoms with Crippen LogP contribution in [0.4, 0.5) is 0 Å². The fourth-order valence-electron chi connectivity index (χ4n) is 9.42. The Morgan fingerprint density at radius 3 is 2.32 bits per heavy atom. The molecule has 0 bridgehead atoms. The molecule has 9 heterocycles. The van der Waals surface area contributed by atoms with Crippen molar-refractivity contribution in [1.29, 1.82) is 0 Å². The quantitative estimate of drug-likeness (QED) is 0.191. The number of pyridine rings is 1. The number of para-hydroxylation sites is 2. The van der Waals surface area contributed by atoms with E-state index in [1.807, 2.05) is 12.3 Å². The molecule has 7 heteroatoms. The lowest BCUT2D eigenvalue weighted by Gasteiger charge is -2.32. The minimum Gasteiger partial charge on any atom is -0.307 e. The van der Waals surface area contributed by atoms with Crippen LogP contribution in [0.2, 0.25) is 0 Å². The van der Waals surface area contributed by atoms with Crippen LogP contribution in [0, 0.1) is 0 Å². The van der Waals surface area contributed by atoms with E-state index >= 15 is 0 Å². The molecule has 0 fully saturated rings. The van der Waals surface area contributed by atoms with E-state index in [0.29, 0.717) is 0 Å². The number of rotatable bonds is 1. The van der Waals surface area contributed by atoms with Gasteiger partial charge in [0.25, 0.3) is 0 Å². The Morgan fingerprint density at radius 1 is 0.617 bits per heavy atom. The Kier molecular flexibility index (Phi) is 3.58. The van der Waals surface area contributed by atoms with E-state index in [1.165, 1.54) is 71.9 Å². The fourth-order valence-corrected chi connectivity index (χ4v) is 9.42. The Hall–Kier alpha value is -6.47. The molecule has 4 aromatic carbocycles. The second-order valence-electron chi connectivity index (χ2n) is 13.0. The van der Waals surface area contributed by atoms with Crippen LogP contribution in [-0.2, 0) is 5.66 Å². The third kappa shape index (κ3) is 2.27. The molecule has 0 radical (unpaired) electrons. The number of hydrogen-bond donors (Lipinski definition) is 0. The Bertz CT molecular complexity index is 3090. The summed E-state index contributed by atoms with van der Waals surface area (Å²) in [5.41, 5.74) is 13.7. The summed E-state index contributed by atoms with van der Waals surface area (Å²) in [7, 11) is 0. The van der Waals surface area contributed by atoms with Gasteiger partial charge in [0.2, 0.25) is 6.20 Å². The second-order valence-corrected chi connectivity index (χ2v) is 13.0. The lowest BCUT2D eigenvalue weighted by atomic mass is 9.83. The maximum atomic E-state index is 4.61. The van der Waals surface area contributed by atoms with Crippen molar-refractivity contribution < 1.29 is 9.25 Å². The minimum atomic E-state index is -0.668. The third-order valence-corrected chi connectivity index (χ3v) is 11.0. The van der Waals surface area contributed by atoms with Crippen molar-refractivity contribution in [2.24, 2.45) is 0 Å². The zero-order valence-corrected chi connectivity index (χ0v) is 24.9. The highest BCUT2D eigenvalue weighted by atomic mass is 15.5. The molecule has 6 aromatic heterocycles. The van der Waals surface area contributed by atoms with Crippen molar-refractivity contribution in [3.05, 3.63) is 151 Å². The van der Waals surface area contributed by atoms with E-state index in [1.54, 1.807) is 0 Å². The van der Waals surface area contributed by atoms with Gasteiger partial charge in [0.15, 0.2) is 5.69 Å². The number of fused-ring (bicyclic) bond motifs is 11. The van der Waals surface area contributed by atoms with Gasteiger partial charge in [0.05, 0.1) is 45.8 Å². The molecular weight excluding hydrogens is 578 g/mol. The van der Waals surface area contributed by atoms with Crippen LogP contribution in [0.15, 0.2) is 140 Å². The number of hydrogen-bond acceptors (Lipinski definition) is 1. The monoisotopic (exact) mass is 601 g/mol. The van der Waals surface area contributed by atoms with Crippen LogP contribution in [0.3, 0.4) is 0 Å². The highest BCUT2D eigenvalue weighted by Crippen LogP contribution is 2.53. The highest BCUT2D eigenvalue weighted by Gasteiger charge is 2.68. The van der Waals surface area contributed by atoms with E-state index in [4.69, 9.17) is 0 Å². The number of aromatic nitrogens is 7. The van der Waals surface area contributed by atoms with E-state index in [0.717, 1.165) is 16.9 Å². The lowest BCUT2D eigenvalue weighted by molar-refractivity contribution is -0.987. The molecule has 10 aromatic rings. The van der Waals surface area contributed by atoms with Gasteiger partial charge in [-0.3, -0.25) is 0 Å². The van der Waals surface area contributed by atoms with Crippen LogP contribution in [0.25, 0.3) is 77.7 Å². The SMILES string of the molecule is c1cc2c3c(c1)-n1cc(-c4ccc5ncccn45)c[n+]1C31c3c(ccc4c5ccccc5n-2c34)-n2c3ccccc3c3ccc[n+]1c32. The van der Waals surface area contributed by atoms with Gasteiger partial charge in [0, 0.05) is 28.6 Å². The predicted molar refractivity (Wildman–Crippen MR) is 181 cm³/mol. The molecule has 0 aliphatic carbocycles. The predicted octanol–water partition coefficient (Wildman–Crippen LogP) is 6.80. The van der Waals surface area contributed by atoms with Crippen molar-refractivity contribution in [3.63, 3.8) is 0 Å². The van der Waals surface area contributed by atoms with Crippen LogP contribution in [0.5, 0.6) is 0 Å². The zero-order valence-electron chi connectivity index (χ0n) is 24.9. The summed E-state index contributed by atoms with van der Waals surface area (Å²) < 4.78 is 14.6. The smallest absolute Gasteiger partial charge is 0.307 e. The van der Waals surface area contributed by atoms with Crippen molar-refractivity contribution >= 4 is 49.4 Å². The summed E-state index contributed by atoms with van der Waals surface area (Å²) in [6.07, 6.45) is 10.9. The average molecular weight is 602 g/mol. The maximum Gasteiger partial charge on any atom is 0.394 e. The van der Waals surface area contributed by atoms with Crippen molar-refractivity contribution in [1.82, 2.24) is 23.2 Å². The van der Waals surface area contributed by atoms with Gasteiger partial charge >= 0.3 is 11.3 Å². The molecule has 0 N–H and O–H groups in total. The van der Waals surface area contributed by atoms with Gasteiger partial charge in [-0.2, -0.15) is 9.13 Å². The van der Waals surface area contributed by atoms with Gasteiger partial charge in [0.1, 0.15) is 28.0 Å². The molecule has 0 amide bonds. The van der Waals surface area contributed by atoms with Gasteiger partial charge in [-0.15, -0.1) is 4.68 Å². The van der Waals surface area contributed by atoms with Gasteiger partial charge in [-0.05, 0) is 72.8 Å². The summed E-state index contributed by atoms with van der Waals surface area (Å²) in [4.78, 5) is 4.61. The first-order chi connectivity index (χ1) is 23.3. The number of benzene rings is 4. The molecule has 0 saturated carbocycles. The van der Waals surface area contributed by atoms with Crippen molar-refractivity contribution in [2.45, 2.75) is 5.66 Å². The molecule has 3 aliphatic heterocycles. The number of nitrogens with zero attached hydrogens (tertiary/aromatic N) is 7. The Morgan fingerprint density at radius 2 is 1.40 bits per heavy atom. The zero-order chi connectivity index (χ0) is 30.2. The average Bonchev–Trinajstić information content (AvgIpc) is 3.93. The first kappa shape index (κ1) is 23.0. The van der Waals surface area contributed by atoms with Crippen LogP contribution < -0.4 is 9.25 Å². The molecule has 7 nitrogen and oxygen atoms in total. The van der Waals surface area contributed by atoms with Crippen LogP contribution in [0.1, 0.15) is 11.1 Å². The summed E-state index contributed by atoms with van der Waals surface area (Å²) >= 11 is 0. The molecule has 216 valence electrons. The molecule has 1 atom stereocenters. The summed E-state index contributed by atoms with van der Waals surface area (Å²) in [6, 6.07) is 40.0. The van der Waals surface area contributed by atoms with E-state index in [9.17, 15) is 0 Å². The molecule has 1 spiro atoms. The standard InChI is InChI=1S/C40H23N7/c1-3-11-30-25(8-1)27-15-16-34-37-38(27)46(30)33-14-5-13-32-36(33)40(37,43-21-6-10-28-26-9-2-4-12-31(26)47(34)39(28)43)45-23-24(22-44(32)45)29-17-18-35-41-19-7-20-42(29)35/h1-23H/q+2. The maximum absolute atomic E-state index is 4.61. The molecule has 1 unspecified atom stereocenters. The topological polar surface area (TPSA) is 39.9 Å². The van der Waals surface area contributed by atoms with Crippen LogP contribution >= 0.6 is 0 Å². The van der Waals surface area contributed by atoms with Crippen molar-refractivity contribution in [2.75, 3.05) is 0 Å². The normalized spacial score (nSPS) is 16.6. The first-order valence-electron chi connectivity index (χ1n) is 16.1. The summed E-state index contributed by atoms with van der Waals surface area (Å²) in [5.74, 6) is 0. The van der Waals surface area contributed by atoms with E-state index in [-0.39, 0.29) is 0 Å². The fraction of sp³-hybridized carbons (Fsp3) is 0.0250. The van der Waals surface area contributed by atoms with E-state index in [2.05, 4.69) is 160 Å². The van der Waals surface area contributed by atoms with E-state index < -0.39 is 5.66 Å². The highest BCUT2D eigenvalue weighted by molar-refractivity contribution is 6.14.